The molecule has 0 N–H and O–H groups in total. The molecule has 0 aliphatic rings. The molecule has 5 heterocycles. The summed E-state index contributed by atoms with van der Waals surface area (Å²) >= 11 is 0. The van der Waals surface area contributed by atoms with E-state index in [1.807, 2.05) is 23.8 Å². The van der Waals surface area contributed by atoms with Crippen LogP contribution >= 0.6 is 0 Å². The fourth-order valence-corrected chi connectivity index (χ4v) is 3.69. The topological polar surface area (TPSA) is 109 Å². The van der Waals surface area contributed by atoms with E-state index in [2.05, 4.69) is 50.2 Å². The van der Waals surface area contributed by atoms with Crippen LogP contribution in [0, 0.1) is 12.8 Å². The molecule has 0 spiro atoms. The van der Waals surface area contributed by atoms with Crippen LogP contribution in [0.15, 0.2) is 35.3 Å². The lowest BCUT2D eigenvalue weighted by molar-refractivity contribution is 0.399. The zero-order valence-corrected chi connectivity index (χ0v) is 17.8. The van der Waals surface area contributed by atoms with E-state index in [0.717, 1.165) is 34.4 Å². The van der Waals surface area contributed by atoms with Crippen LogP contribution in [0.2, 0.25) is 0 Å². The molecule has 5 aromatic rings. The summed E-state index contributed by atoms with van der Waals surface area (Å²) in [5.41, 5.74) is 4.16. The first-order valence-corrected chi connectivity index (χ1v) is 10.0. The Morgan fingerprint density at radius 1 is 1.16 bits per heavy atom. The van der Waals surface area contributed by atoms with E-state index in [1.165, 1.54) is 6.33 Å². The number of ether oxygens (including phenoxy) is 1. The fourth-order valence-electron chi connectivity index (χ4n) is 3.69. The minimum atomic E-state index is 0.432. The Morgan fingerprint density at radius 2 is 2.00 bits per heavy atom. The van der Waals surface area contributed by atoms with Gasteiger partial charge in [0, 0.05) is 29.9 Å². The van der Waals surface area contributed by atoms with E-state index in [9.17, 15) is 0 Å². The zero-order chi connectivity index (χ0) is 21.5. The van der Waals surface area contributed by atoms with Crippen molar-refractivity contribution in [3.8, 4) is 17.0 Å². The Labute approximate surface area is 177 Å². The van der Waals surface area contributed by atoms with Gasteiger partial charge in [-0.05, 0) is 25.0 Å². The minimum absolute atomic E-state index is 0.432. The maximum atomic E-state index is 5.83. The molecule has 10 nitrogen and oxygen atoms in total. The zero-order valence-electron chi connectivity index (χ0n) is 17.8. The SMILES string of the molecule is COc1ncnn2ccc(-c3cnc4nc(C)n(Cc5nnc(CC(C)C)o5)c4c3)c12. The molecule has 0 aliphatic heterocycles. The van der Waals surface area contributed by atoms with Gasteiger partial charge in [0.1, 0.15) is 24.2 Å². The molecular formula is C21H22N8O2. The summed E-state index contributed by atoms with van der Waals surface area (Å²) in [5, 5.41) is 12.6. The van der Waals surface area contributed by atoms with Crippen molar-refractivity contribution in [3.63, 3.8) is 0 Å². The Morgan fingerprint density at radius 3 is 2.81 bits per heavy atom. The molecule has 5 aromatic heterocycles. The van der Waals surface area contributed by atoms with Crippen LogP contribution in [0.3, 0.4) is 0 Å². The van der Waals surface area contributed by atoms with Gasteiger partial charge in [-0.15, -0.1) is 10.2 Å². The van der Waals surface area contributed by atoms with E-state index in [-0.39, 0.29) is 0 Å². The molecule has 0 atom stereocenters. The third-order valence-electron chi connectivity index (χ3n) is 5.11. The molecule has 5 rings (SSSR count). The summed E-state index contributed by atoms with van der Waals surface area (Å²) in [6.45, 7) is 6.62. The van der Waals surface area contributed by atoms with Crippen molar-refractivity contribution in [1.29, 1.82) is 0 Å². The van der Waals surface area contributed by atoms with Gasteiger partial charge in [-0.3, -0.25) is 0 Å². The summed E-state index contributed by atoms with van der Waals surface area (Å²) in [4.78, 5) is 13.4. The molecule has 0 saturated carbocycles. The van der Waals surface area contributed by atoms with Crippen molar-refractivity contribution in [2.45, 2.75) is 33.7 Å². The lowest BCUT2D eigenvalue weighted by atomic mass is 10.1. The first kappa shape index (κ1) is 19.2. The molecular weight excluding hydrogens is 396 g/mol. The van der Waals surface area contributed by atoms with E-state index in [0.29, 0.717) is 35.8 Å². The second kappa shape index (κ2) is 7.46. The summed E-state index contributed by atoms with van der Waals surface area (Å²) in [5.74, 6) is 2.98. The van der Waals surface area contributed by atoms with Gasteiger partial charge in [0.05, 0.1) is 12.6 Å². The molecule has 0 aliphatic carbocycles. The molecule has 0 unspecified atom stereocenters. The number of hydrogen-bond donors (Lipinski definition) is 0. The third kappa shape index (κ3) is 3.39. The normalized spacial score (nSPS) is 11.8. The molecule has 10 heteroatoms. The van der Waals surface area contributed by atoms with Crippen molar-refractivity contribution in [1.82, 2.24) is 39.3 Å². The quantitative estimate of drug-likeness (QED) is 0.414. The van der Waals surface area contributed by atoms with E-state index in [4.69, 9.17) is 9.15 Å². The molecule has 0 fully saturated rings. The Kier molecular flexibility index (Phi) is 4.61. The standard InChI is InChI=1S/C21H22N8O2/c1-12(2)7-17-26-27-18(31-17)10-28-13(3)25-20-16(28)8-14(9-22-20)15-5-6-29-19(15)21(30-4)23-11-24-29/h5-6,8-9,11-12H,7,10H2,1-4H3. The van der Waals surface area contributed by atoms with Gasteiger partial charge in [0.25, 0.3) is 0 Å². The van der Waals surface area contributed by atoms with Crippen LogP contribution in [0.5, 0.6) is 5.88 Å². The smallest absolute Gasteiger partial charge is 0.241 e. The average molecular weight is 418 g/mol. The second-order valence-corrected chi connectivity index (χ2v) is 7.79. The van der Waals surface area contributed by atoms with Gasteiger partial charge < -0.3 is 13.7 Å². The Balaban J connectivity index is 1.57. The lowest BCUT2D eigenvalue weighted by Crippen LogP contribution is -2.02. The number of fused-ring (bicyclic) bond motifs is 2. The maximum absolute atomic E-state index is 5.83. The number of aryl methyl sites for hydroxylation is 1. The van der Waals surface area contributed by atoms with Crippen molar-refractivity contribution in [2.75, 3.05) is 7.11 Å². The van der Waals surface area contributed by atoms with Crippen molar-refractivity contribution >= 4 is 16.7 Å². The van der Waals surface area contributed by atoms with Crippen LogP contribution in [-0.2, 0) is 13.0 Å². The highest BCUT2D eigenvalue weighted by Crippen LogP contribution is 2.31. The molecule has 0 amide bonds. The van der Waals surface area contributed by atoms with Crippen molar-refractivity contribution < 1.29 is 9.15 Å². The van der Waals surface area contributed by atoms with Crippen molar-refractivity contribution in [3.05, 3.63) is 48.5 Å². The van der Waals surface area contributed by atoms with Gasteiger partial charge in [-0.1, -0.05) is 13.8 Å². The van der Waals surface area contributed by atoms with Crippen LogP contribution in [-0.4, -0.2) is 46.4 Å². The molecule has 0 radical (unpaired) electrons. The molecule has 0 aromatic carbocycles. The summed E-state index contributed by atoms with van der Waals surface area (Å²) in [6.07, 6.45) is 5.89. The minimum Gasteiger partial charge on any atom is -0.479 e. The summed E-state index contributed by atoms with van der Waals surface area (Å²) in [6, 6.07) is 4.02. The number of nitrogens with zero attached hydrogens (tertiary/aromatic N) is 8. The van der Waals surface area contributed by atoms with E-state index >= 15 is 0 Å². The van der Waals surface area contributed by atoms with Crippen LogP contribution in [0.4, 0.5) is 0 Å². The summed E-state index contributed by atoms with van der Waals surface area (Å²) < 4.78 is 15.0. The number of rotatable bonds is 6. The number of pyridine rings is 1. The average Bonchev–Trinajstić information content (AvgIpc) is 3.45. The van der Waals surface area contributed by atoms with Gasteiger partial charge in [0.15, 0.2) is 5.65 Å². The predicted molar refractivity (Wildman–Crippen MR) is 113 cm³/mol. The fraction of sp³-hybridized carbons (Fsp3) is 0.333. The van der Waals surface area contributed by atoms with Gasteiger partial charge in [0.2, 0.25) is 17.7 Å². The van der Waals surface area contributed by atoms with Gasteiger partial charge in [-0.2, -0.15) is 10.1 Å². The highest BCUT2D eigenvalue weighted by Gasteiger charge is 2.17. The molecule has 158 valence electrons. The molecule has 31 heavy (non-hydrogen) atoms. The van der Waals surface area contributed by atoms with Crippen LogP contribution < -0.4 is 4.74 Å². The maximum Gasteiger partial charge on any atom is 0.241 e. The van der Waals surface area contributed by atoms with E-state index < -0.39 is 0 Å². The number of imidazole rings is 1. The second-order valence-electron chi connectivity index (χ2n) is 7.79. The summed E-state index contributed by atoms with van der Waals surface area (Å²) in [7, 11) is 1.59. The van der Waals surface area contributed by atoms with Crippen LogP contribution in [0.25, 0.3) is 27.8 Å². The predicted octanol–water partition coefficient (Wildman–Crippen LogP) is 3.09. The van der Waals surface area contributed by atoms with Crippen molar-refractivity contribution in [2.24, 2.45) is 5.92 Å². The highest BCUT2D eigenvalue weighted by molar-refractivity contribution is 5.87. The Bertz CT molecular complexity index is 1380. The molecule has 0 saturated heterocycles. The van der Waals surface area contributed by atoms with Gasteiger partial charge >= 0.3 is 0 Å². The number of hydrogen-bond acceptors (Lipinski definition) is 8. The number of aromatic nitrogens is 8. The van der Waals surface area contributed by atoms with Crippen LogP contribution in [0.1, 0.15) is 31.5 Å². The number of methoxy groups -OCH3 is 1. The third-order valence-corrected chi connectivity index (χ3v) is 5.11. The first-order chi connectivity index (χ1) is 15.0. The monoisotopic (exact) mass is 418 g/mol. The largest absolute Gasteiger partial charge is 0.479 e. The van der Waals surface area contributed by atoms with E-state index in [1.54, 1.807) is 17.8 Å². The lowest BCUT2D eigenvalue weighted by Gasteiger charge is -2.06. The first-order valence-electron chi connectivity index (χ1n) is 10.0. The Hall–Kier alpha value is -3.82. The highest BCUT2D eigenvalue weighted by atomic mass is 16.5. The van der Waals surface area contributed by atoms with Gasteiger partial charge in [-0.25, -0.2) is 14.5 Å². The molecule has 0 bridgehead atoms.